The Hall–Kier alpha value is -1.96. The van der Waals surface area contributed by atoms with E-state index in [0.29, 0.717) is 5.69 Å². The molecule has 1 unspecified atom stereocenters. The number of hydrogen-bond donors (Lipinski definition) is 1. The molecule has 112 valence electrons. The first-order chi connectivity index (χ1) is 10.1. The molecule has 1 atom stereocenters. The lowest BCUT2D eigenvalue weighted by Gasteiger charge is -2.32. The van der Waals surface area contributed by atoms with E-state index in [1.807, 2.05) is 14.0 Å². The minimum Gasteiger partial charge on any atom is -0.346 e. The van der Waals surface area contributed by atoms with Crippen LogP contribution < -0.4 is 10.2 Å². The Morgan fingerprint density at radius 3 is 3.05 bits per heavy atom. The van der Waals surface area contributed by atoms with Crippen molar-refractivity contribution in [2.24, 2.45) is 7.05 Å². The van der Waals surface area contributed by atoms with Crippen LogP contribution in [0.25, 0.3) is 0 Å². The normalized spacial score (nSPS) is 18.8. The molecule has 0 aliphatic carbocycles. The molecule has 8 heteroatoms. The van der Waals surface area contributed by atoms with Gasteiger partial charge in [0.25, 0.3) is 5.91 Å². The smallest absolute Gasteiger partial charge is 0.271 e. The highest BCUT2D eigenvalue weighted by Crippen LogP contribution is 2.21. The monoisotopic (exact) mass is 306 g/mol. The zero-order chi connectivity index (χ0) is 14.8. The van der Waals surface area contributed by atoms with Crippen LogP contribution in [0.5, 0.6) is 0 Å². The molecule has 7 nitrogen and oxygen atoms in total. The Morgan fingerprint density at radius 1 is 1.52 bits per heavy atom. The predicted molar refractivity (Wildman–Crippen MR) is 80.6 cm³/mol. The van der Waals surface area contributed by atoms with Gasteiger partial charge >= 0.3 is 0 Å². The summed E-state index contributed by atoms with van der Waals surface area (Å²) in [7, 11) is 1.85. The van der Waals surface area contributed by atoms with Crippen molar-refractivity contribution in [3.8, 4) is 0 Å². The zero-order valence-corrected chi connectivity index (χ0v) is 12.9. The fraction of sp³-hybridized carbons (Fsp3) is 0.538. The van der Waals surface area contributed by atoms with Gasteiger partial charge in [-0.05, 0) is 19.8 Å². The summed E-state index contributed by atoms with van der Waals surface area (Å²) >= 11 is 1.41. The average Bonchev–Trinajstić information content (AvgIpc) is 3.08. The third-order valence-corrected chi connectivity index (χ3v) is 4.35. The van der Waals surface area contributed by atoms with E-state index in [1.54, 1.807) is 17.1 Å². The number of hydrogen-bond acceptors (Lipinski definition) is 6. The molecule has 1 fully saturated rings. The maximum absolute atomic E-state index is 12.1. The maximum Gasteiger partial charge on any atom is 0.271 e. The van der Waals surface area contributed by atoms with Crippen molar-refractivity contribution in [1.29, 1.82) is 0 Å². The molecule has 0 bridgehead atoms. The van der Waals surface area contributed by atoms with Gasteiger partial charge in [0.05, 0.1) is 6.33 Å². The minimum atomic E-state index is -0.115. The molecule has 0 saturated carbocycles. The van der Waals surface area contributed by atoms with Crippen molar-refractivity contribution in [3.63, 3.8) is 0 Å². The first kappa shape index (κ1) is 14.0. The molecule has 3 rings (SSSR count). The van der Waals surface area contributed by atoms with Crippen molar-refractivity contribution in [2.75, 3.05) is 18.0 Å². The Kier molecular flexibility index (Phi) is 3.87. The number of aromatic nitrogens is 4. The van der Waals surface area contributed by atoms with E-state index < -0.39 is 0 Å². The van der Waals surface area contributed by atoms with Gasteiger partial charge in [-0.2, -0.15) is 4.37 Å². The molecule has 21 heavy (non-hydrogen) atoms. The highest BCUT2D eigenvalue weighted by molar-refractivity contribution is 7.09. The molecule has 1 saturated heterocycles. The van der Waals surface area contributed by atoms with Gasteiger partial charge in [0.15, 0.2) is 0 Å². The van der Waals surface area contributed by atoms with Crippen LogP contribution in [-0.2, 0) is 7.05 Å². The molecule has 2 aromatic rings. The standard InChI is InChI=1S/C13H18N6OS/c1-9-15-13(21-17-9)19-5-3-4-10(6-19)16-12(20)11-7-18(2)8-14-11/h7-8,10H,3-6H2,1-2H3,(H,16,20). The van der Waals surface area contributed by atoms with Crippen LogP contribution >= 0.6 is 11.5 Å². The summed E-state index contributed by atoms with van der Waals surface area (Å²) in [6, 6.07) is 0.123. The summed E-state index contributed by atoms with van der Waals surface area (Å²) in [5, 5.41) is 3.99. The zero-order valence-electron chi connectivity index (χ0n) is 12.1. The highest BCUT2D eigenvalue weighted by atomic mass is 32.1. The fourth-order valence-corrected chi connectivity index (χ4v) is 3.18. The summed E-state index contributed by atoms with van der Waals surface area (Å²) < 4.78 is 5.99. The van der Waals surface area contributed by atoms with Crippen LogP contribution in [0.2, 0.25) is 0 Å². The van der Waals surface area contributed by atoms with E-state index in [9.17, 15) is 4.79 Å². The summed E-state index contributed by atoms with van der Waals surface area (Å²) in [6.45, 7) is 3.63. The van der Waals surface area contributed by atoms with Gasteiger partial charge in [0, 0.05) is 43.9 Å². The third kappa shape index (κ3) is 3.21. The van der Waals surface area contributed by atoms with Gasteiger partial charge < -0.3 is 14.8 Å². The van der Waals surface area contributed by atoms with Crippen LogP contribution in [-0.4, -0.2) is 43.9 Å². The lowest BCUT2D eigenvalue weighted by atomic mass is 10.1. The van der Waals surface area contributed by atoms with E-state index in [-0.39, 0.29) is 11.9 Å². The molecule has 1 aliphatic rings. The highest BCUT2D eigenvalue weighted by Gasteiger charge is 2.24. The van der Waals surface area contributed by atoms with E-state index in [4.69, 9.17) is 0 Å². The first-order valence-electron chi connectivity index (χ1n) is 6.96. The SMILES string of the molecule is Cc1nsc(N2CCCC(NC(=O)c3cn(C)cn3)C2)n1. The largest absolute Gasteiger partial charge is 0.346 e. The molecule has 2 aromatic heterocycles. The number of carbonyl (C=O) groups is 1. The van der Waals surface area contributed by atoms with E-state index >= 15 is 0 Å². The number of rotatable bonds is 3. The third-order valence-electron chi connectivity index (χ3n) is 3.48. The van der Waals surface area contributed by atoms with E-state index in [0.717, 1.165) is 36.9 Å². The summed E-state index contributed by atoms with van der Waals surface area (Å²) in [5.74, 6) is 0.686. The van der Waals surface area contributed by atoms with Crippen LogP contribution in [0.3, 0.4) is 0 Å². The Morgan fingerprint density at radius 2 is 2.38 bits per heavy atom. The van der Waals surface area contributed by atoms with E-state index in [1.165, 1.54) is 11.5 Å². The predicted octanol–water partition coefficient (Wildman–Crippen LogP) is 0.979. The second-order valence-electron chi connectivity index (χ2n) is 5.31. The average molecular weight is 306 g/mol. The number of carbonyl (C=O) groups excluding carboxylic acids is 1. The fourth-order valence-electron chi connectivity index (χ4n) is 2.47. The van der Waals surface area contributed by atoms with Gasteiger partial charge in [-0.15, -0.1) is 0 Å². The number of amides is 1. The Balaban J connectivity index is 1.62. The van der Waals surface area contributed by atoms with Crippen molar-refractivity contribution in [2.45, 2.75) is 25.8 Å². The maximum atomic E-state index is 12.1. The second kappa shape index (κ2) is 5.80. The number of nitrogens with one attached hydrogen (secondary N) is 1. The molecule has 0 radical (unpaired) electrons. The lowest BCUT2D eigenvalue weighted by molar-refractivity contribution is 0.0928. The quantitative estimate of drug-likeness (QED) is 0.915. The minimum absolute atomic E-state index is 0.115. The van der Waals surface area contributed by atoms with Crippen LogP contribution in [0.1, 0.15) is 29.2 Å². The second-order valence-corrected chi connectivity index (χ2v) is 6.04. The van der Waals surface area contributed by atoms with Gasteiger partial charge in [-0.25, -0.2) is 9.97 Å². The first-order valence-corrected chi connectivity index (χ1v) is 7.73. The summed E-state index contributed by atoms with van der Waals surface area (Å²) in [5.41, 5.74) is 0.460. The van der Waals surface area contributed by atoms with Gasteiger partial charge in [-0.1, -0.05) is 0 Å². The van der Waals surface area contributed by atoms with E-state index in [2.05, 4.69) is 24.6 Å². The summed E-state index contributed by atoms with van der Waals surface area (Å²) in [6.07, 6.45) is 5.37. The van der Waals surface area contributed by atoms with Crippen molar-refractivity contribution in [1.82, 2.24) is 24.2 Å². The molecule has 0 spiro atoms. The van der Waals surface area contributed by atoms with Crippen molar-refractivity contribution < 1.29 is 4.79 Å². The van der Waals surface area contributed by atoms with Crippen LogP contribution in [0, 0.1) is 6.92 Å². The lowest BCUT2D eigenvalue weighted by Crippen LogP contribution is -2.47. The Labute approximate surface area is 127 Å². The Bertz CT molecular complexity index is 636. The number of nitrogens with zero attached hydrogens (tertiary/aromatic N) is 5. The molecular formula is C13H18N6OS. The summed E-state index contributed by atoms with van der Waals surface area (Å²) in [4.78, 5) is 22.8. The van der Waals surface area contributed by atoms with Gasteiger partial charge in [0.1, 0.15) is 11.5 Å². The molecule has 0 aromatic carbocycles. The molecule has 3 heterocycles. The van der Waals surface area contributed by atoms with Gasteiger partial charge in [0.2, 0.25) is 5.13 Å². The number of anilines is 1. The van der Waals surface area contributed by atoms with Crippen LogP contribution in [0.15, 0.2) is 12.5 Å². The van der Waals surface area contributed by atoms with Crippen molar-refractivity contribution >= 4 is 22.6 Å². The molecular weight excluding hydrogens is 288 g/mol. The van der Waals surface area contributed by atoms with Crippen molar-refractivity contribution in [3.05, 3.63) is 24.0 Å². The van der Waals surface area contributed by atoms with Gasteiger partial charge in [-0.3, -0.25) is 4.79 Å². The molecule has 1 aliphatic heterocycles. The molecule has 1 N–H and O–H groups in total. The number of aryl methyl sites for hydroxylation is 2. The molecule has 1 amide bonds. The topological polar surface area (TPSA) is 75.9 Å². The van der Waals surface area contributed by atoms with Crippen LogP contribution in [0.4, 0.5) is 5.13 Å². The number of imidazole rings is 1. The number of piperidine rings is 1.